The highest BCUT2D eigenvalue weighted by atomic mass is 16.5. The molecule has 4 nitrogen and oxygen atoms in total. The fraction of sp³-hybridized carbons (Fsp3) is 0.583. The second-order valence-electron chi connectivity index (χ2n) is 4.16. The van der Waals surface area contributed by atoms with Crippen LogP contribution in [0.1, 0.15) is 17.5 Å². The van der Waals surface area contributed by atoms with Gasteiger partial charge in [0.25, 0.3) is 0 Å². The van der Waals surface area contributed by atoms with E-state index in [4.69, 9.17) is 15.2 Å². The predicted molar refractivity (Wildman–Crippen MR) is 61.3 cm³/mol. The van der Waals surface area contributed by atoms with Crippen molar-refractivity contribution in [2.75, 3.05) is 19.8 Å². The van der Waals surface area contributed by atoms with Gasteiger partial charge in [-0.15, -0.1) is 0 Å². The summed E-state index contributed by atoms with van der Waals surface area (Å²) in [5, 5.41) is 0. The summed E-state index contributed by atoms with van der Waals surface area (Å²) in [4.78, 5) is 4.23. The fourth-order valence-electron chi connectivity index (χ4n) is 1.85. The van der Waals surface area contributed by atoms with Gasteiger partial charge in [0.1, 0.15) is 0 Å². The number of rotatable bonds is 4. The van der Waals surface area contributed by atoms with Gasteiger partial charge in [0.2, 0.25) is 5.88 Å². The Labute approximate surface area is 95.8 Å². The summed E-state index contributed by atoms with van der Waals surface area (Å²) in [6.45, 7) is 4.80. The van der Waals surface area contributed by atoms with Crippen molar-refractivity contribution >= 4 is 0 Å². The SMILES string of the molecule is Cc1ccnc(OCC2CCOC2)c1CN. The lowest BCUT2D eigenvalue weighted by Crippen LogP contribution is -2.14. The molecule has 1 atom stereocenters. The van der Waals surface area contributed by atoms with Crippen LogP contribution >= 0.6 is 0 Å². The van der Waals surface area contributed by atoms with Crippen molar-refractivity contribution in [3.8, 4) is 5.88 Å². The smallest absolute Gasteiger partial charge is 0.218 e. The molecule has 2 rings (SSSR count). The van der Waals surface area contributed by atoms with Crippen molar-refractivity contribution in [1.29, 1.82) is 0 Å². The minimum absolute atomic E-state index is 0.468. The van der Waals surface area contributed by atoms with Crippen molar-refractivity contribution in [2.24, 2.45) is 11.7 Å². The minimum atomic E-state index is 0.468. The second-order valence-corrected chi connectivity index (χ2v) is 4.16. The molecular weight excluding hydrogens is 204 g/mol. The van der Waals surface area contributed by atoms with E-state index in [0.717, 1.165) is 30.8 Å². The maximum atomic E-state index is 5.72. The molecule has 1 saturated heterocycles. The zero-order valence-electron chi connectivity index (χ0n) is 9.61. The third-order valence-electron chi connectivity index (χ3n) is 2.93. The number of aryl methyl sites for hydroxylation is 1. The van der Waals surface area contributed by atoms with E-state index < -0.39 is 0 Å². The molecule has 0 spiro atoms. The summed E-state index contributed by atoms with van der Waals surface area (Å²) in [5.74, 6) is 1.17. The van der Waals surface area contributed by atoms with Crippen LogP contribution in [0.2, 0.25) is 0 Å². The number of pyridine rings is 1. The van der Waals surface area contributed by atoms with Crippen LogP contribution in [-0.4, -0.2) is 24.8 Å². The van der Waals surface area contributed by atoms with Crippen LogP contribution in [0.15, 0.2) is 12.3 Å². The highest BCUT2D eigenvalue weighted by Gasteiger charge is 2.17. The van der Waals surface area contributed by atoms with Crippen molar-refractivity contribution in [1.82, 2.24) is 4.98 Å². The van der Waals surface area contributed by atoms with Gasteiger partial charge in [-0.3, -0.25) is 0 Å². The molecule has 0 aromatic carbocycles. The molecule has 2 N–H and O–H groups in total. The summed E-state index contributed by atoms with van der Waals surface area (Å²) in [5.41, 5.74) is 7.83. The van der Waals surface area contributed by atoms with Crippen molar-refractivity contribution in [3.63, 3.8) is 0 Å². The van der Waals surface area contributed by atoms with E-state index in [1.807, 2.05) is 13.0 Å². The Bertz CT molecular complexity index is 349. The minimum Gasteiger partial charge on any atom is -0.477 e. The molecule has 0 amide bonds. The van der Waals surface area contributed by atoms with Gasteiger partial charge >= 0.3 is 0 Å². The summed E-state index contributed by atoms with van der Waals surface area (Å²) < 4.78 is 11.0. The van der Waals surface area contributed by atoms with Crippen LogP contribution in [-0.2, 0) is 11.3 Å². The van der Waals surface area contributed by atoms with Crippen molar-refractivity contribution in [2.45, 2.75) is 19.9 Å². The third kappa shape index (κ3) is 2.51. The number of hydrogen-bond donors (Lipinski definition) is 1. The van der Waals surface area contributed by atoms with Gasteiger partial charge in [-0.05, 0) is 25.0 Å². The normalized spacial score (nSPS) is 20.0. The van der Waals surface area contributed by atoms with Crippen LogP contribution in [0, 0.1) is 12.8 Å². The Hall–Kier alpha value is -1.13. The highest BCUT2D eigenvalue weighted by Crippen LogP contribution is 2.20. The summed E-state index contributed by atoms with van der Waals surface area (Å²) in [6.07, 6.45) is 2.83. The molecule has 1 aliphatic heterocycles. The zero-order valence-corrected chi connectivity index (χ0v) is 9.61. The first-order valence-electron chi connectivity index (χ1n) is 5.66. The summed E-state index contributed by atoms with van der Waals surface area (Å²) in [7, 11) is 0. The molecule has 1 aromatic heterocycles. The third-order valence-corrected chi connectivity index (χ3v) is 2.93. The first kappa shape index (κ1) is 11.4. The van der Waals surface area contributed by atoms with E-state index in [1.54, 1.807) is 6.20 Å². The van der Waals surface area contributed by atoms with Crippen LogP contribution in [0.3, 0.4) is 0 Å². The maximum absolute atomic E-state index is 5.72. The van der Waals surface area contributed by atoms with Gasteiger partial charge in [-0.25, -0.2) is 4.98 Å². The number of nitrogens with zero attached hydrogens (tertiary/aromatic N) is 1. The molecule has 1 unspecified atom stereocenters. The monoisotopic (exact) mass is 222 g/mol. The van der Waals surface area contributed by atoms with E-state index in [2.05, 4.69) is 4.98 Å². The average Bonchev–Trinajstić information content (AvgIpc) is 2.79. The average molecular weight is 222 g/mol. The molecule has 0 aliphatic carbocycles. The molecule has 1 aliphatic rings. The topological polar surface area (TPSA) is 57.4 Å². The Morgan fingerprint density at radius 1 is 1.62 bits per heavy atom. The first-order valence-corrected chi connectivity index (χ1v) is 5.66. The lowest BCUT2D eigenvalue weighted by atomic mass is 10.1. The van der Waals surface area contributed by atoms with E-state index in [1.165, 1.54) is 0 Å². The molecule has 2 heterocycles. The molecule has 88 valence electrons. The predicted octanol–water partition coefficient (Wildman–Crippen LogP) is 1.26. The van der Waals surface area contributed by atoms with Gasteiger partial charge in [0.15, 0.2) is 0 Å². The largest absolute Gasteiger partial charge is 0.477 e. The Morgan fingerprint density at radius 3 is 3.19 bits per heavy atom. The number of ether oxygens (including phenoxy) is 2. The van der Waals surface area contributed by atoms with E-state index >= 15 is 0 Å². The highest BCUT2D eigenvalue weighted by molar-refractivity contribution is 5.33. The number of hydrogen-bond acceptors (Lipinski definition) is 4. The Morgan fingerprint density at radius 2 is 2.50 bits per heavy atom. The van der Waals surface area contributed by atoms with E-state index in [9.17, 15) is 0 Å². The summed E-state index contributed by atoms with van der Waals surface area (Å²) >= 11 is 0. The molecule has 1 fully saturated rings. The van der Waals surface area contributed by atoms with E-state index in [-0.39, 0.29) is 0 Å². The molecule has 0 saturated carbocycles. The van der Waals surface area contributed by atoms with Crippen LogP contribution in [0.25, 0.3) is 0 Å². The van der Waals surface area contributed by atoms with Crippen LogP contribution in [0.4, 0.5) is 0 Å². The summed E-state index contributed by atoms with van der Waals surface area (Å²) in [6, 6.07) is 1.95. The van der Waals surface area contributed by atoms with Gasteiger partial charge < -0.3 is 15.2 Å². The van der Waals surface area contributed by atoms with Gasteiger partial charge in [0.05, 0.1) is 13.2 Å². The lowest BCUT2D eigenvalue weighted by molar-refractivity contribution is 0.165. The van der Waals surface area contributed by atoms with E-state index in [0.29, 0.717) is 24.9 Å². The van der Waals surface area contributed by atoms with Gasteiger partial charge in [-0.2, -0.15) is 0 Å². The standard InChI is InChI=1S/C12H18N2O2/c1-9-2-4-14-12(11(9)6-13)16-8-10-3-5-15-7-10/h2,4,10H,3,5-8,13H2,1H3. The zero-order chi connectivity index (χ0) is 11.4. The maximum Gasteiger partial charge on any atom is 0.218 e. The molecule has 4 heteroatoms. The molecular formula is C12H18N2O2. The Balaban J connectivity index is 2.00. The lowest BCUT2D eigenvalue weighted by Gasteiger charge is -2.13. The number of nitrogens with two attached hydrogens (primary N) is 1. The van der Waals surface area contributed by atoms with Gasteiger partial charge in [-0.1, -0.05) is 0 Å². The van der Waals surface area contributed by atoms with Crippen LogP contribution < -0.4 is 10.5 Å². The molecule has 0 radical (unpaired) electrons. The Kier molecular flexibility index (Phi) is 3.74. The van der Waals surface area contributed by atoms with Crippen molar-refractivity contribution < 1.29 is 9.47 Å². The number of aromatic nitrogens is 1. The molecule has 1 aromatic rings. The fourth-order valence-corrected chi connectivity index (χ4v) is 1.85. The quantitative estimate of drug-likeness (QED) is 0.833. The van der Waals surface area contributed by atoms with Crippen LogP contribution in [0.5, 0.6) is 5.88 Å². The van der Waals surface area contributed by atoms with Gasteiger partial charge in [0, 0.05) is 30.8 Å². The first-order chi connectivity index (χ1) is 7.81. The van der Waals surface area contributed by atoms with Crippen molar-refractivity contribution in [3.05, 3.63) is 23.4 Å². The molecule has 0 bridgehead atoms. The molecule has 16 heavy (non-hydrogen) atoms. The second kappa shape index (κ2) is 5.27.